The zero-order valence-electron chi connectivity index (χ0n) is 11.9. The van der Waals surface area contributed by atoms with E-state index in [4.69, 9.17) is 5.11 Å². The molecule has 0 radical (unpaired) electrons. The van der Waals surface area contributed by atoms with Gasteiger partial charge in [-0.1, -0.05) is 11.8 Å². The Balaban J connectivity index is 2.12. The lowest BCUT2D eigenvalue weighted by Gasteiger charge is -2.32. The van der Waals surface area contributed by atoms with Crippen LogP contribution in [0.15, 0.2) is 18.2 Å². The molecular formula is C15H18FN3O2. The van der Waals surface area contributed by atoms with Crippen molar-refractivity contribution in [1.82, 2.24) is 15.3 Å². The number of nitrogens with one attached hydrogen (secondary N) is 1. The third-order valence-corrected chi connectivity index (χ3v) is 3.29. The minimum atomic E-state index is -0.493. The number of carbonyl (C=O) groups excluding carboxylic acids is 1. The van der Waals surface area contributed by atoms with Crippen LogP contribution in [0.2, 0.25) is 0 Å². The normalized spacial score (nSPS) is 16.1. The molecule has 0 aliphatic carbocycles. The molecule has 0 saturated carbocycles. The fraction of sp³-hybridized carbons (Fsp3) is 0.400. The average molecular weight is 291 g/mol. The van der Waals surface area contributed by atoms with E-state index in [9.17, 15) is 9.18 Å². The quantitative estimate of drug-likeness (QED) is 0.757. The Morgan fingerprint density at radius 3 is 2.76 bits per heavy atom. The first-order valence-corrected chi connectivity index (χ1v) is 6.74. The molecule has 6 heteroatoms. The predicted molar refractivity (Wildman–Crippen MR) is 76.9 cm³/mol. The Kier molecular flexibility index (Phi) is 5.28. The Morgan fingerprint density at radius 1 is 1.38 bits per heavy atom. The summed E-state index contributed by atoms with van der Waals surface area (Å²) in [6, 6.07) is 3.84. The molecule has 0 atom stereocenters. The van der Waals surface area contributed by atoms with Crippen LogP contribution in [0.4, 0.5) is 4.39 Å². The van der Waals surface area contributed by atoms with E-state index in [0.29, 0.717) is 5.56 Å². The molecule has 1 saturated heterocycles. The van der Waals surface area contributed by atoms with Gasteiger partial charge in [-0.15, -0.1) is 0 Å². The molecule has 0 unspecified atom stereocenters. The molecule has 0 aromatic heterocycles. The molecule has 112 valence electrons. The second-order valence-corrected chi connectivity index (χ2v) is 4.88. The Bertz CT molecular complexity index is 572. The summed E-state index contributed by atoms with van der Waals surface area (Å²) in [6.45, 7) is 2.85. The lowest BCUT2D eigenvalue weighted by Crippen LogP contribution is -2.52. The number of hydrogen-bond acceptors (Lipinski definition) is 4. The van der Waals surface area contributed by atoms with Crippen LogP contribution in [0.5, 0.6) is 0 Å². The molecule has 2 rings (SSSR count). The van der Waals surface area contributed by atoms with Crippen LogP contribution in [-0.4, -0.2) is 60.8 Å². The van der Waals surface area contributed by atoms with Gasteiger partial charge < -0.3 is 10.0 Å². The van der Waals surface area contributed by atoms with E-state index in [2.05, 4.69) is 22.2 Å². The molecule has 1 aromatic rings. The molecule has 1 aromatic carbocycles. The maximum atomic E-state index is 13.4. The van der Waals surface area contributed by atoms with Gasteiger partial charge in [-0.25, -0.2) is 9.40 Å². The SMILES string of the molecule is CN1CCN(NC(=O)c2cc(F)ccc2C#CCO)CC1. The van der Waals surface area contributed by atoms with E-state index in [1.54, 1.807) is 0 Å². The Hall–Kier alpha value is -1.94. The van der Waals surface area contributed by atoms with Gasteiger partial charge in [0, 0.05) is 31.7 Å². The van der Waals surface area contributed by atoms with Gasteiger partial charge in [0.2, 0.25) is 0 Å². The number of carbonyl (C=O) groups is 1. The highest BCUT2D eigenvalue weighted by Crippen LogP contribution is 2.11. The minimum absolute atomic E-state index is 0.176. The van der Waals surface area contributed by atoms with Crippen molar-refractivity contribution in [2.45, 2.75) is 0 Å². The number of hydrogen-bond donors (Lipinski definition) is 2. The Labute approximate surface area is 123 Å². The van der Waals surface area contributed by atoms with E-state index < -0.39 is 5.82 Å². The second kappa shape index (κ2) is 7.18. The molecule has 0 bridgehead atoms. The van der Waals surface area contributed by atoms with Gasteiger partial charge >= 0.3 is 0 Å². The molecule has 1 amide bonds. The number of nitrogens with zero attached hydrogens (tertiary/aromatic N) is 2. The van der Waals surface area contributed by atoms with Crippen molar-refractivity contribution < 1.29 is 14.3 Å². The van der Waals surface area contributed by atoms with Crippen molar-refractivity contribution >= 4 is 5.91 Å². The van der Waals surface area contributed by atoms with E-state index in [1.807, 2.05) is 12.1 Å². The monoisotopic (exact) mass is 291 g/mol. The summed E-state index contributed by atoms with van der Waals surface area (Å²) in [5.41, 5.74) is 3.35. The van der Waals surface area contributed by atoms with E-state index in [-0.39, 0.29) is 18.1 Å². The number of hydrazine groups is 1. The number of aliphatic hydroxyl groups is 1. The van der Waals surface area contributed by atoms with Crippen LogP contribution in [-0.2, 0) is 0 Å². The van der Waals surface area contributed by atoms with Crippen molar-refractivity contribution in [3.05, 3.63) is 35.1 Å². The van der Waals surface area contributed by atoms with Gasteiger partial charge in [-0.2, -0.15) is 0 Å². The van der Waals surface area contributed by atoms with Crippen molar-refractivity contribution in [3.63, 3.8) is 0 Å². The fourth-order valence-corrected chi connectivity index (χ4v) is 2.07. The summed E-state index contributed by atoms with van der Waals surface area (Å²) in [6.07, 6.45) is 0. The van der Waals surface area contributed by atoms with Crippen molar-refractivity contribution in [3.8, 4) is 11.8 Å². The van der Waals surface area contributed by atoms with Crippen LogP contribution in [0.25, 0.3) is 0 Å². The standard InChI is InChI=1S/C15H18FN3O2/c1-18-6-8-19(9-7-18)17-15(21)14-11-13(16)5-4-12(14)3-2-10-20/h4-5,11,20H,6-10H2,1H3,(H,17,21). The first-order chi connectivity index (χ1) is 10.1. The highest BCUT2D eigenvalue weighted by molar-refractivity contribution is 5.96. The zero-order chi connectivity index (χ0) is 15.2. The third-order valence-electron chi connectivity index (χ3n) is 3.29. The van der Waals surface area contributed by atoms with E-state index >= 15 is 0 Å². The number of likely N-dealkylation sites (N-methyl/N-ethyl adjacent to an activating group) is 1. The third kappa shape index (κ3) is 4.26. The Morgan fingerprint density at radius 2 is 2.10 bits per heavy atom. The summed E-state index contributed by atoms with van der Waals surface area (Å²) in [4.78, 5) is 14.4. The average Bonchev–Trinajstić information content (AvgIpc) is 2.48. The van der Waals surface area contributed by atoms with Gasteiger partial charge in [-0.3, -0.25) is 10.2 Å². The molecule has 1 aliphatic heterocycles. The highest BCUT2D eigenvalue weighted by atomic mass is 19.1. The van der Waals surface area contributed by atoms with E-state index in [1.165, 1.54) is 12.1 Å². The largest absolute Gasteiger partial charge is 0.384 e. The molecular weight excluding hydrogens is 273 g/mol. The number of aliphatic hydroxyl groups excluding tert-OH is 1. The maximum absolute atomic E-state index is 13.4. The van der Waals surface area contributed by atoms with Gasteiger partial charge in [0.15, 0.2) is 0 Å². The minimum Gasteiger partial charge on any atom is -0.384 e. The van der Waals surface area contributed by atoms with Crippen LogP contribution in [0.3, 0.4) is 0 Å². The first-order valence-electron chi connectivity index (χ1n) is 6.74. The summed E-state index contributed by atoms with van der Waals surface area (Å²) >= 11 is 0. The lowest BCUT2D eigenvalue weighted by molar-refractivity contribution is 0.0662. The van der Waals surface area contributed by atoms with Gasteiger partial charge in [0.25, 0.3) is 5.91 Å². The number of rotatable bonds is 2. The van der Waals surface area contributed by atoms with Crippen molar-refractivity contribution in [2.75, 3.05) is 39.8 Å². The summed E-state index contributed by atoms with van der Waals surface area (Å²) in [7, 11) is 2.02. The molecule has 2 N–H and O–H groups in total. The zero-order valence-corrected chi connectivity index (χ0v) is 11.9. The first kappa shape index (κ1) is 15.4. The molecule has 1 aliphatic rings. The van der Waals surface area contributed by atoms with E-state index in [0.717, 1.165) is 32.2 Å². The fourth-order valence-electron chi connectivity index (χ4n) is 2.07. The molecule has 5 nitrogen and oxygen atoms in total. The summed E-state index contributed by atoms with van der Waals surface area (Å²) in [5.74, 6) is 4.25. The number of piperazine rings is 1. The molecule has 0 spiro atoms. The predicted octanol–water partition coefficient (Wildman–Crippen LogP) is 0.0617. The second-order valence-electron chi connectivity index (χ2n) is 4.88. The van der Waals surface area contributed by atoms with Crippen LogP contribution < -0.4 is 5.43 Å². The van der Waals surface area contributed by atoms with Gasteiger partial charge in [0.1, 0.15) is 12.4 Å². The van der Waals surface area contributed by atoms with Gasteiger partial charge in [0.05, 0.1) is 5.56 Å². The smallest absolute Gasteiger partial charge is 0.266 e. The highest BCUT2D eigenvalue weighted by Gasteiger charge is 2.18. The van der Waals surface area contributed by atoms with Crippen molar-refractivity contribution in [1.29, 1.82) is 0 Å². The summed E-state index contributed by atoms with van der Waals surface area (Å²) in [5, 5.41) is 10.6. The number of amides is 1. The number of benzene rings is 1. The van der Waals surface area contributed by atoms with Crippen LogP contribution in [0, 0.1) is 17.7 Å². The molecule has 21 heavy (non-hydrogen) atoms. The lowest BCUT2D eigenvalue weighted by atomic mass is 10.1. The van der Waals surface area contributed by atoms with Crippen LogP contribution >= 0.6 is 0 Å². The summed E-state index contributed by atoms with van der Waals surface area (Å²) < 4.78 is 13.4. The van der Waals surface area contributed by atoms with Crippen LogP contribution in [0.1, 0.15) is 15.9 Å². The van der Waals surface area contributed by atoms with Crippen molar-refractivity contribution in [2.24, 2.45) is 0 Å². The molecule has 1 fully saturated rings. The molecule has 1 heterocycles. The maximum Gasteiger partial charge on any atom is 0.266 e. The van der Waals surface area contributed by atoms with Gasteiger partial charge in [-0.05, 0) is 25.2 Å². The topological polar surface area (TPSA) is 55.8 Å². The number of halogens is 1.